The molecule has 1 unspecified atom stereocenters. The number of fused-ring (bicyclic) bond motifs is 1. The summed E-state index contributed by atoms with van der Waals surface area (Å²) in [6, 6.07) is 7.72. The first-order valence-corrected chi connectivity index (χ1v) is 6.10. The lowest BCUT2D eigenvalue weighted by Gasteiger charge is -2.41. The number of benzene rings is 1. The summed E-state index contributed by atoms with van der Waals surface area (Å²) in [5.41, 5.74) is 0.618. The van der Waals surface area contributed by atoms with E-state index in [0.29, 0.717) is 0 Å². The first-order valence-electron chi connectivity index (χ1n) is 6.10. The summed E-state index contributed by atoms with van der Waals surface area (Å²) in [6.45, 7) is 0. The van der Waals surface area contributed by atoms with E-state index < -0.39 is 11.6 Å². The van der Waals surface area contributed by atoms with E-state index in [4.69, 9.17) is 5.11 Å². The van der Waals surface area contributed by atoms with Crippen LogP contribution in [0.4, 0.5) is 0 Å². The fraction of sp³-hybridized carbons (Fsp3) is 0.500. The lowest BCUT2D eigenvalue weighted by atomic mass is 9.67. The number of aryl methyl sites for hydroxylation is 1. The van der Waals surface area contributed by atoms with Gasteiger partial charge in [-0.1, -0.05) is 24.3 Å². The standard InChI is InChI=1S/C14H16O3/c15-12(16)9-14(17)11-4-2-1-3-10(11)5-6-13(14)7-8-13/h1-4,17H,5-9H2,(H,15,16). The molecule has 1 spiro atoms. The molecule has 2 aliphatic rings. The number of hydrogen-bond acceptors (Lipinski definition) is 2. The Morgan fingerprint density at radius 2 is 1.94 bits per heavy atom. The van der Waals surface area contributed by atoms with Crippen molar-refractivity contribution in [3.8, 4) is 0 Å². The average Bonchev–Trinajstić information content (AvgIpc) is 3.05. The molecule has 1 atom stereocenters. The van der Waals surface area contributed by atoms with Crippen molar-refractivity contribution >= 4 is 5.97 Å². The van der Waals surface area contributed by atoms with E-state index in [0.717, 1.165) is 36.8 Å². The second-order valence-corrected chi connectivity index (χ2v) is 5.37. The van der Waals surface area contributed by atoms with Crippen LogP contribution in [-0.4, -0.2) is 16.2 Å². The highest BCUT2D eigenvalue weighted by atomic mass is 16.4. The summed E-state index contributed by atoms with van der Waals surface area (Å²) < 4.78 is 0. The Kier molecular flexibility index (Phi) is 2.11. The van der Waals surface area contributed by atoms with Gasteiger partial charge in [0.05, 0.1) is 6.42 Å². The van der Waals surface area contributed by atoms with Gasteiger partial charge < -0.3 is 10.2 Å². The average molecular weight is 232 g/mol. The van der Waals surface area contributed by atoms with Gasteiger partial charge in [0.2, 0.25) is 0 Å². The number of carbonyl (C=O) groups is 1. The van der Waals surface area contributed by atoms with Gasteiger partial charge in [0.1, 0.15) is 5.60 Å². The first-order chi connectivity index (χ1) is 8.07. The van der Waals surface area contributed by atoms with Crippen molar-refractivity contribution in [3.05, 3.63) is 35.4 Å². The second kappa shape index (κ2) is 3.33. The highest BCUT2D eigenvalue weighted by Crippen LogP contribution is 2.64. The van der Waals surface area contributed by atoms with E-state index >= 15 is 0 Å². The van der Waals surface area contributed by atoms with E-state index in [1.165, 1.54) is 0 Å². The van der Waals surface area contributed by atoms with Crippen LogP contribution in [0, 0.1) is 5.41 Å². The third-order valence-corrected chi connectivity index (χ3v) is 4.47. The maximum Gasteiger partial charge on any atom is 0.306 e. The number of carboxylic acid groups (broad SMARTS) is 1. The van der Waals surface area contributed by atoms with Crippen LogP contribution in [0.3, 0.4) is 0 Å². The molecule has 1 aromatic rings. The Bertz CT molecular complexity index is 476. The molecule has 0 saturated heterocycles. The molecule has 0 amide bonds. The quantitative estimate of drug-likeness (QED) is 0.820. The van der Waals surface area contributed by atoms with Crippen LogP contribution in [0.2, 0.25) is 0 Å². The van der Waals surface area contributed by atoms with E-state index in [-0.39, 0.29) is 11.8 Å². The van der Waals surface area contributed by atoms with Crippen molar-refractivity contribution in [2.75, 3.05) is 0 Å². The second-order valence-electron chi connectivity index (χ2n) is 5.37. The van der Waals surface area contributed by atoms with Gasteiger partial charge in [-0.3, -0.25) is 4.79 Å². The SMILES string of the molecule is O=C(O)CC1(O)c2ccccc2CCC12CC2. The molecule has 3 nitrogen and oxygen atoms in total. The Balaban J connectivity index is 2.11. The van der Waals surface area contributed by atoms with Gasteiger partial charge in [-0.25, -0.2) is 0 Å². The van der Waals surface area contributed by atoms with Crippen LogP contribution < -0.4 is 0 Å². The molecule has 0 aromatic heterocycles. The maximum atomic E-state index is 11.0. The van der Waals surface area contributed by atoms with Crippen LogP contribution in [0.15, 0.2) is 24.3 Å². The zero-order valence-corrected chi connectivity index (χ0v) is 9.65. The molecule has 3 rings (SSSR count). The van der Waals surface area contributed by atoms with Crippen LogP contribution in [-0.2, 0) is 16.8 Å². The highest BCUT2D eigenvalue weighted by Gasteiger charge is 2.61. The van der Waals surface area contributed by atoms with Crippen molar-refractivity contribution in [2.24, 2.45) is 5.41 Å². The number of hydrogen-bond donors (Lipinski definition) is 2. The third-order valence-electron chi connectivity index (χ3n) is 4.47. The molecule has 0 bridgehead atoms. The minimum absolute atomic E-state index is 0.167. The van der Waals surface area contributed by atoms with Gasteiger partial charge in [-0.05, 0) is 36.8 Å². The summed E-state index contributed by atoms with van der Waals surface area (Å²) in [5.74, 6) is -0.921. The summed E-state index contributed by atoms with van der Waals surface area (Å²) in [7, 11) is 0. The lowest BCUT2D eigenvalue weighted by molar-refractivity contribution is -0.148. The van der Waals surface area contributed by atoms with Gasteiger partial charge >= 0.3 is 5.97 Å². The Morgan fingerprint density at radius 1 is 1.24 bits per heavy atom. The largest absolute Gasteiger partial charge is 0.481 e. The van der Waals surface area contributed by atoms with Gasteiger partial charge in [0.15, 0.2) is 0 Å². The van der Waals surface area contributed by atoms with E-state index in [9.17, 15) is 9.90 Å². The molecule has 0 heterocycles. The van der Waals surface area contributed by atoms with Crippen LogP contribution in [0.5, 0.6) is 0 Å². The van der Waals surface area contributed by atoms with E-state index in [1.807, 2.05) is 24.3 Å². The molecular formula is C14H16O3. The van der Waals surface area contributed by atoms with Crippen LogP contribution in [0.1, 0.15) is 36.8 Å². The van der Waals surface area contributed by atoms with Gasteiger partial charge in [-0.2, -0.15) is 0 Å². The van der Waals surface area contributed by atoms with E-state index in [1.54, 1.807) is 0 Å². The molecular weight excluding hydrogens is 216 g/mol. The molecule has 0 radical (unpaired) electrons. The Hall–Kier alpha value is -1.35. The minimum atomic E-state index is -1.16. The summed E-state index contributed by atoms with van der Waals surface area (Å²) in [5, 5.41) is 20.0. The topological polar surface area (TPSA) is 57.5 Å². The first kappa shape index (κ1) is 10.8. The maximum absolute atomic E-state index is 11.0. The number of carboxylic acids is 1. The van der Waals surface area contributed by atoms with E-state index in [2.05, 4.69) is 0 Å². The number of aliphatic carboxylic acids is 1. The lowest BCUT2D eigenvalue weighted by Crippen LogP contribution is -2.42. The highest BCUT2D eigenvalue weighted by molar-refractivity contribution is 5.69. The molecule has 1 saturated carbocycles. The monoisotopic (exact) mass is 232 g/mol. The number of aliphatic hydroxyl groups is 1. The molecule has 2 N–H and O–H groups in total. The smallest absolute Gasteiger partial charge is 0.306 e. The van der Waals surface area contributed by atoms with Crippen molar-refractivity contribution in [3.63, 3.8) is 0 Å². The van der Waals surface area contributed by atoms with Crippen molar-refractivity contribution in [1.82, 2.24) is 0 Å². The van der Waals surface area contributed by atoms with Crippen molar-refractivity contribution in [2.45, 2.75) is 37.7 Å². The van der Waals surface area contributed by atoms with Crippen molar-refractivity contribution < 1.29 is 15.0 Å². The fourth-order valence-electron chi connectivity index (χ4n) is 3.32. The predicted molar refractivity (Wildman–Crippen MR) is 62.6 cm³/mol. The summed E-state index contributed by atoms with van der Waals surface area (Å²) in [4.78, 5) is 11.0. The molecule has 0 aliphatic heterocycles. The Labute approximate surface area is 100 Å². The van der Waals surface area contributed by atoms with Gasteiger partial charge in [0, 0.05) is 5.41 Å². The zero-order chi connectivity index (χ0) is 12.1. The molecule has 90 valence electrons. The molecule has 1 fully saturated rings. The number of rotatable bonds is 2. The molecule has 3 heteroatoms. The molecule has 17 heavy (non-hydrogen) atoms. The van der Waals surface area contributed by atoms with Crippen molar-refractivity contribution in [1.29, 1.82) is 0 Å². The summed E-state index contributed by atoms with van der Waals surface area (Å²) >= 11 is 0. The summed E-state index contributed by atoms with van der Waals surface area (Å²) in [6.07, 6.45) is 3.59. The minimum Gasteiger partial charge on any atom is -0.481 e. The third kappa shape index (κ3) is 1.42. The zero-order valence-electron chi connectivity index (χ0n) is 9.65. The van der Waals surface area contributed by atoms with Gasteiger partial charge in [-0.15, -0.1) is 0 Å². The molecule has 2 aliphatic carbocycles. The molecule has 1 aromatic carbocycles. The Morgan fingerprint density at radius 3 is 2.59 bits per heavy atom. The normalized spacial score (nSPS) is 28.8. The van der Waals surface area contributed by atoms with Gasteiger partial charge in [0.25, 0.3) is 0 Å². The van der Waals surface area contributed by atoms with Crippen LogP contribution >= 0.6 is 0 Å². The fourth-order valence-corrected chi connectivity index (χ4v) is 3.32. The van der Waals surface area contributed by atoms with Crippen LogP contribution in [0.25, 0.3) is 0 Å². The predicted octanol–water partition coefficient (Wildman–Crippen LogP) is 2.08.